The Kier molecular flexibility index (Phi) is 7.39. The zero-order valence-electron chi connectivity index (χ0n) is 17.1. The van der Waals surface area contributed by atoms with Gasteiger partial charge in [-0.15, -0.1) is 0 Å². The molecule has 0 spiro atoms. The first kappa shape index (κ1) is 21.6. The van der Waals surface area contributed by atoms with E-state index in [1.54, 1.807) is 25.1 Å². The highest BCUT2D eigenvalue weighted by Crippen LogP contribution is 2.24. The highest BCUT2D eigenvalue weighted by molar-refractivity contribution is 5.90. The number of nitrogens with one attached hydrogen (secondary N) is 1. The zero-order chi connectivity index (χ0) is 22.1. The van der Waals surface area contributed by atoms with Gasteiger partial charge in [-0.3, -0.25) is 4.79 Å². The molecule has 0 atom stereocenters. The monoisotopic (exact) mass is 411 g/mol. The molecule has 31 heavy (non-hydrogen) atoms. The van der Waals surface area contributed by atoms with Crippen LogP contribution in [0.4, 0.5) is 17.1 Å². The Hall–Kier alpha value is -4.11. The molecule has 154 valence electrons. The molecule has 0 fully saturated rings. The first-order chi connectivity index (χ1) is 15.1. The van der Waals surface area contributed by atoms with Crippen molar-refractivity contribution in [3.63, 3.8) is 0 Å². The Labute approximate surface area is 180 Å². The van der Waals surface area contributed by atoms with Gasteiger partial charge in [-0.1, -0.05) is 37.3 Å². The lowest BCUT2D eigenvalue weighted by Gasteiger charge is -2.10. The molecule has 1 amide bonds. The molecular weight excluding hydrogens is 390 g/mol. The maximum Gasteiger partial charge on any atom is 0.240 e. The van der Waals surface area contributed by atoms with Gasteiger partial charge in [0.25, 0.3) is 0 Å². The van der Waals surface area contributed by atoms with Crippen molar-refractivity contribution in [1.29, 1.82) is 0 Å². The number of hydrogen-bond donors (Lipinski definition) is 1. The van der Waals surface area contributed by atoms with Crippen LogP contribution in [-0.4, -0.2) is 18.1 Å². The fourth-order valence-electron chi connectivity index (χ4n) is 3.33. The minimum absolute atomic E-state index is 0.0390. The number of carbonyl (C=O) groups is 1. The molecule has 1 N–H and O–H groups in total. The normalized spacial score (nSPS) is 9.97. The van der Waals surface area contributed by atoms with Crippen LogP contribution in [0.3, 0.4) is 0 Å². The molecule has 0 radical (unpaired) electrons. The van der Waals surface area contributed by atoms with Gasteiger partial charge in [0.05, 0.1) is 11.4 Å². The molecule has 3 rings (SSSR count). The van der Waals surface area contributed by atoms with Crippen LogP contribution in [-0.2, 0) is 27.2 Å². The third kappa shape index (κ3) is 6.44. The second-order valence-corrected chi connectivity index (χ2v) is 7.04. The van der Waals surface area contributed by atoms with Gasteiger partial charge in [0.1, 0.15) is 0 Å². The number of carbonyl (C=O) groups excluding carboxylic acids is 3. The number of benzene rings is 3. The van der Waals surface area contributed by atoms with E-state index in [1.165, 1.54) is 0 Å². The van der Waals surface area contributed by atoms with E-state index in [4.69, 9.17) is 0 Å². The topological polar surface area (TPSA) is 88.0 Å². The Morgan fingerprint density at radius 2 is 1.35 bits per heavy atom. The fourth-order valence-corrected chi connectivity index (χ4v) is 3.33. The zero-order valence-corrected chi connectivity index (χ0v) is 17.1. The average Bonchev–Trinajstić information content (AvgIpc) is 2.74. The van der Waals surface area contributed by atoms with Crippen molar-refractivity contribution in [1.82, 2.24) is 0 Å². The van der Waals surface area contributed by atoms with Crippen molar-refractivity contribution >= 4 is 35.1 Å². The van der Waals surface area contributed by atoms with Gasteiger partial charge in [-0.2, -0.15) is 9.98 Å². The van der Waals surface area contributed by atoms with Crippen LogP contribution in [0.15, 0.2) is 76.7 Å². The third-order valence-electron chi connectivity index (χ3n) is 4.65. The molecule has 6 heteroatoms. The van der Waals surface area contributed by atoms with E-state index in [9.17, 15) is 14.4 Å². The lowest BCUT2D eigenvalue weighted by Crippen LogP contribution is -2.09. The summed E-state index contributed by atoms with van der Waals surface area (Å²) >= 11 is 0. The molecule has 6 nitrogen and oxygen atoms in total. The van der Waals surface area contributed by atoms with Gasteiger partial charge >= 0.3 is 0 Å². The first-order valence-corrected chi connectivity index (χ1v) is 9.86. The van der Waals surface area contributed by atoms with Crippen LogP contribution in [0, 0.1) is 0 Å². The summed E-state index contributed by atoms with van der Waals surface area (Å²) < 4.78 is 0. The van der Waals surface area contributed by atoms with Gasteiger partial charge in [-0.05, 0) is 71.5 Å². The SMILES string of the molecule is CCC(=O)Nc1cccc(Cc2cc(Cc3cccc(N=C=O)c3)cc(N=C=O)c2)c1. The summed E-state index contributed by atoms with van der Waals surface area (Å²) in [4.78, 5) is 40.5. The van der Waals surface area contributed by atoms with E-state index in [2.05, 4.69) is 21.4 Å². The summed E-state index contributed by atoms with van der Waals surface area (Å²) in [5, 5.41) is 2.86. The number of isocyanates is 2. The summed E-state index contributed by atoms with van der Waals surface area (Å²) in [5.74, 6) is -0.0390. The van der Waals surface area contributed by atoms with E-state index in [1.807, 2.05) is 54.6 Å². The van der Waals surface area contributed by atoms with Crippen LogP contribution in [0.5, 0.6) is 0 Å². The van der Waals surface area contributed by atoms with Gasteiger partial charge < -0.3 is 5.32 Å². The summed E-state index contributed by atoms with van der Waals surface area (Å²) in [5.41, 5.74) is 5.76. The predicted molar refractivity (Wildman–Crippen MR) is 119 cm³/mol. The minimum atomic E-state index is -0.0390. The lowest BCUT2D eigenvalue weighted by molar-refractivity contribution is -0.115. The van der Waals surface area contributed by atoms with Gasteiger partial charge in [-0.25, -0.2) is 9.59 Å². The van der Waals surface area contributed by atoms with E-state index >= 15 is 0 Å². The van der Waals surface area contributed by atoms with E-state index in [0.29, 0.717) is 30.6 Å². The minimum Gasteiger partial charge on any atom is -0.326 e. The standard InChI is InChI=1S/C25H21N3O3/c1-2-25(31)28-23-8-4-6-19(13-23)10-21-11-20(14-24(15-21)27-17-30)9-18-5-3-7-22(12-18)26-16-29/h3-8,11-15H,2,9-10H2,1H3,(H,28,31). The average molecular weight is 411 g/mol. The number of amides is 1. The molecule has 0 bridgehead atoms. The van der Waals surface area contributed by atoms with Crippen molar-refractivity contribution in [2.75, 3.05) is 5.32 Å². The van der Waals surface area contributed by atoms with Crippen molar-refractivity contribution in [3.05, 3.63) is 89.0 Å². The van der Waals surface area contributed by atoms with Crippen LogP contribution in [0.1, 0.15) is 35.6 Å². The molecule has 0 unspecified atom stereocenters. The molecule has 0 saturated heterocycles. The fraction of sp³-hybridized carbons (Fsp3) is 0.160. The molecule has 0 saturated carbocycles. The van der Waals surface area contributed by atoms with E-state index in [0.717, 1.165) is 27.9 Å². The Morgan fingerprint density at radius 3 is 2.00 bits per heavy atom. The molecule has 0 aromatic heterocycles. The van der Waals surface area contributed by atoms with Crippen LogP contribution >= 0.6 is 0 Å². The second kappa shape index (κ2) is 10.6. The number of anilines is 1. The van der Waals surface area contributed by atoms with Gasteiger partial charge in [0, 0.05) is 12.1 Å². The Morgan fingerprint density at radius 1 is 0.774 bits per heavy atom. The second-order valence-electron chi connectivity index (χ2n) is 7.04. The molecule has 0 aliphatic carbocycles. The van der Waals surface area contributed by atoms with Crippen molar-refractivity contribution in [2.45, 2.75) is 26.2 Å². The number of nitrogens with zero attached hydrogens (tertiary/aromatic N) is 2. The Bertz CT molecular complexity index is 1190. The Balaban J connectivity index is 1.87. The molecule has 3 aromatic carbocycles. The third-order valence-corrected chi connectivity index (χ3v) is 4.65. The maximum absolute atomic E-state index is 11.7. The molecule has 0 aliphatic rings. The highest BCUT2D eigenvalue weighted by Gasteiger charge is 2.06. The quantitative estimate of drug-likeness (QED) is 0.411. The molecule has 0 heterocycles. The predicted octanol–water partition coefficient (Wildman–Crippen LogP) is 5.15. The molecule has 3 aromatic rings. The summed E-state index contributed by atoms with van der Waals surface area (Å²) in [6, 6.07) is 20.7. The van der Waals surface area contributed by atoms with Crippen molar-refractivity contribution in [2.24, 2.45) is 9.98 Å². The largest absolute Gasteiger partial charge is 0.326 e. The number of rotatable bonds is 8. The molecule has 0 aliphatic heterocycles. The first-order valence-electron chi connectivity index (χ1n) is 9.86. The highest BCUT2D eigenvalue weighted by atomic mass is 16.1. The smallest absolute Gasteiger partial charge is 0.240 e. The van der Waals surface area contributed by atoms with Crippen molar-refractivity contribution in [3.8, 4) is 0 Å². The lowest BCUT2D eigenvalue weighted by atomic mass is 9.98. The summed E-state index contributed by atoms with van der Waals surface area (Å²) in [6.07, 6.45) is 4.76. The maximum atomic E-state index is 11.7. The summed E-state index contributed by atoms with van der Waals surface area (Å²) in [7, 11) is 0. The van der Waals surface area contributed by atoms with Crippen LogP contribution in [0.25, 0.3) is 0 Å². The van der Waals surface area contributed by atoms with Crippen LogP contribution in [0.2, 0.25) is 0 Å². The summed E-state index contributed by atoms with van der Waals surface area (Å²) in [6.45, 7) is 1.81. The van der Waals surface area contributed by atoms with Crippen molar-refractivity contribution < 1.29 is 14.4 Å². The van der Waals surface area contributed by atoms with Crippen LogP contribution < -0.4 is 5.32 Å². The molecular formula is C25H21N3O3. The van der Waals surface area contributed by atoms with E-state index < -0.39 is 0 Å². The van der Waals surface area contributed by atoms with E-state index in [-0.39, 0.29) is 5.91 Å². The van der Waals surface area contributed by atoms with Gasteiger partial charge in [0.2, 0.25) is 18.1 Å². The number of hydrogen-bond acceptors (Lipinski definition) is 5. The number of aliphatic imine (C=N–C) groups is 2. The van der Waals surface area contributed by atoms with Gasteiger partial charge in [0.15, 0.2) is 0 Å².